The standard InChI is InChI=1S/C24H38F3N3O5S/c1-16(23(26)27)35-24(31)30-12-11-22(28-36(32,33)29(2)3)19(14-30)15-34-21-9-7-17(8-10-21)18-5-4-6-20(25)13-18/h4-6,13,16-17,19,21-24,28,31H,7-12,14-15H2,1-3H3/t16-,17?,19+,21?,22+,24?/m1/s1. The van der Waals surface area contributed by atoms with Gasteiger partial charge in [0.15, 0.2) is 0 Å². The van der Waals surface area contributed by atoms with Crippen molar-refractivity contribution in [3.63, 3.8) is 0 Å². The molecule has 8 nitrogen and oxygen atoms in total. The molecule has 2 aliphatic rings. The van der Waals surface area contributed by atoms with Crippen molar-refractivity contribution in [2.75, 3.05) is 33.8 Å². The minimum atomic E-state index is -3.70. The molecule has 0 radical (unpaired) electrons. The van der Waals surface area contributed by atoms with Crippen LogP contribution in [-0.2, 0) is 19.7 Å². The van der Waals surface area contributed by atoms with Crippen molar-refractivity contribution in [3.8, 4) is 0 Å². The summed E-state index contributed by atoms with van der Waals surface area (Å²) in [6.45, 7) is 1.92. The fraction of sp³-hybridized carbons (Fsp3) is 0.750. The molecule has 1 saturated carbocycles. The van der Waals surface area contributed by atoms with Gasteiger partial charge in [-0.1, -0.05) is 12.1 Å². The molecule has 1 heterocycles. The first-order chi connectivity index (χ1) is 17.0. The number of nitrogens with zero attached hydrogens (tertiary/aromatic N) is 2. The molecule has 0 bridgehead atoms. The highest BCUT2D eigenvalue weighted by Gasteiger charge is 2.37. The number of piperidine rings is 1. The van der Waals surface area contributed by atoms with Crippen LogP contribution in [0.2, 0.25) is 0 Å². The molecule has 1 aliphatic heterocycles. The second-order valence-corrected chi connectivity index (χ2v) is 11.8. The maximum absolute atomic E-state index is 13.6. The highest BCUT2D eigenvalue weighted by atomic mass is 32.2. The number of likely N-dealkylation sites (tertiary alicyclic amines) is 1. The minimum absolute atomic E-state index is 0.0173. The van der Waals surface area contributed by atoms with Crippen LogP contribution in [0.25, 0.3) is 0 Å². The Hall–Kier alpha value is -1.28. The SMILES string of the molecule is C[C@@H](OC(O)N1CC[C@H](NS(=O)(=O)N(C)C)[C@H](COC2CCC(c3cccc(F)c3)CC2)C1)C(F)F. The first-order valence-electron chi connectivity index (χ1n) is 12.4. The molecule has 1 unspecified atom stereocenters. The zero-order valence-corrected chi connectivity index (χ0v) is 21.8. The van der Waals surface area contributed by atoms with Crippen LogP contribution in [0.5, 0.6) is 0 Å². The number of aliphatic hydroxyl groups is 1. The minimum Gasteiger partial charge on any atom is -0.378 e. The summed E-state index contributed by atoms with van der Waals surface area (Å²) >= 11 is 0. The van der Waals surface area contributed by atoms with Crippen molar-refractivity contribution in [2.45, 2.75) is 76.0 Å². The number of rotatable bonds is 11. The third kappa shape index (κ3) is 8.11. The fourth-order valence-electron chi connectivity index (χ4n) is 4.80. The van der Waals surface area contributed by atoms with E-state index >= 15 is 0 Å². The number of hydrogen-bond donors (Lipinski definition) is 2. The second-order valence-electron chi connectivity index (χ2n) is 9.92. The molecule has 1 aromatic rings. The third-order valence-corrected chi connectivity index (χ3v) is 8.65. The predicted molar refractivity (Wildman–Crippen MR) is 129 cm³/mol. The highest BCUT2D eigenvalue weighted by Crippen LogP contribution is 2.34. The number of benzene rings is 1. The highest BCUT2D eigenvalue weighted by molar-refractivity contribution is 7.87. The van der Waals surface area contributed by atoms with E-state index in [1.165, 1.54) is 32.0 Å². The van der Waals surface area contributed by atoms with E-state index in [0.29, 0.717) is 6.42 Å². The monoisotopic (exact) mass is 537 g/mol. The lowest BCUT2D eigenvalue weighted by Crippen LogP contribution is -2.57. The maximum Gasteiger partial charge on any atom is 0.279 e. The molecule has 2 N–H and O–H groups in total. The van der Waals surface area contributed by atoms with E-state index < -0.39 is 35.2 Å². The largest absolute Gasteiger partial charge is 0.378 e. The number of nitrogens with one attached hydrogen (secondary N) is 1. The second kappa shape index (κ2) is 13.0. The van der Waals surface area contributed by atoms with Gasteiger partial charge < -0.3 is 14.6 Å². The summed E-state index contributed by atoms with van der Waals surface area (Å²) in [5.41, 5.74) is 0.988. The van der Waals surface area contributed by atoms with Crippen molar-refractivity contribution in [1.82, 2.24) is 13.9 Å². The molecule has 12 heteroatoms. The van der Waals surface area contributed by atoms with E-state index in [9.17, 15) is 26.7 Å². The summed E-state index contributed by atoms with van der Waals surface area (Å²) in [4.78, 5) is 1.52. The number of alkyl halides is 2. The van der Waals surface area contributed by atoms with Gasteiger partial charge in [0.05, 0.1) is 12.7 Å². The first-order valence-corrected chi connectivity index (χ1v) is 13.8. The first kappa shape index (κ1) is 29.3. The number of hydrogen-bond acceptors (Lipinski definition) is 6. The lowest BCUT2D eigenvalue weighted by atomic mass is 9.82. The molecule has 4 atom stereocenters. The molecule has 0 aromatic heterocycles. The van der Waals surface area contributed by atoms with E-state index in [0.717, 1.165) is 35.6 Å². The van der Waals surface area contributed by atoms with Crippen LogP contribution in [0.4, 0.5) is 13.2 Å². The molecule has 1 aromatic carbocycles. The summed E-state index contributed by atoms with van der Waals surface area (Å²) in [5, 5.41) is 10.3. The van der Waals surface area contributed by atoms with Gasteiger partial charge in [0.1, 0.15) is 11.9 Å². The van der Waals surface area contributed by atoms with Crippen LogP contribution < -0.4 is 4.72 Å². The van der Waals surface area contributed by atoms with Gasteiger partial charge in [0.2, 0.25) is 6.41 Å². The van der Waals surface area contributed by atoms with Gasteiger partial charge in [0.25, 0.3) is 16.6 Å². The van der Waals surface area contributed by atoms with Crippen molar-refractivity contribution in [3.05, 3.63) is 35.6 Å². The van der Waals surface area contributed by atoms with Gasteiger partial charge in [-0.15, -0.1) is 0 Å². The van der Waals surface area contributed by atoms with Crippen LogP contribution >= 0.6 is 0 Å². The number of halogens is 3. The summed E-state index contributed by atoms with van der Waals surface area (Å²) in [6.07, 6.45) is -2.04. The summed E-state index contributed by atoms with van der Waals surface area (Å²) in [5.74, 6) is -0.294. The van der Waals surface area contributed by atoms with Gasteiger partial charge in [-0.3, -0.25) is 4.90 Å². The van der Waals surface area contributed by atoms with E-state index in [-0.39, 0.29) is 43.5 Å². The predicted octanol–water partition coefficient (Wildman–Crippen LogP) is 2.90. The number of aliphatic hydroxyl groups excluding tert-OH is 1. The van der Waals surface area contributed by atoms with E-state index in [1.54, 1.807) is 12.1 Å². The van der Waals surface area contributed by atoms with Crippen LogP contribution in [0.15, 0.2) is 24.3 Å². The Labute approximate surface area is 211 Å². The molecule has 36 heavy (non-hydrogen) atoms. The van der Waals surface area contributed by atoms with E-state index in [1.807, 2.05) is 6.07 Å². The van der Waals surface area contributed by atoms with Gasteiger partial charge in [-0.2, -0.15) is 17.4 Å². The Bertz CT molecular complexity index is 931. The lowest BCUT2D eigenvalue weighted by Gasteiger charge is -2.41. The smallest absolute Gasteiger partial charge is 0.279 e. The van der Waals surface area contributed by atoms with E-state index in [4.69, 9.17) is 9.47 Å². The average Bonchev–Trinajstić information content (AvgIpc) is 2.83. The van der Waals surface area contributed by atoms with Crippen molar-refractivity contribution >= 4 is 10.2 Å². The van der Waals surface area contributed by atoms with Crippen molar-refractivity contribution in [2.24, 2.45) is 5.92 Å². The normalized spacial score (nSPS) is 27.9. The Balaban J connectivity index is 1.59. The molecular formula is C24H38F3N3O5S. The quantitative estimate of drug-likeness (QED) is 0.422. The Morgan fingerprint density at radius 1 is 1.19 bits per heavy atom. The summed E-state index contributed by atoms with van der Waals surface area (Å²) in [7, 11) is -0.830. The van der Waals surface area contributed by atoms with Crippen molar-refractivity contribution < 1.29 is 36.2 Å². The van der Waals surface area contributed by atoms with Crippen LogP contribution in [0.3, 0.4) is 0 Å². The van der Waals surface area contributed by atoms with E-state index in [2.05, 4.69) is 4.72 Å². The van der Waals surface area contributed by atoms with Gasteiger partial charge >= 0.3 is 0 Å². The third-order valence-electron chi connectivity index (χ3n) is 7.09. The van der Waals surface area contributed by atoms with Crippen molar-refractivity contribution in [1.29, 1.82) is 0 Å². The van der Waals surface area contributed by atoms with Gasteiger partial charge in [-0.05, 0) is 62.6 Å². The Morgan fingerprint density at radius 2 is 1.89 bits per heavy atom. The van der Waals surface area contributed by atoms with Crippen LogP contribution in [-0.4, -0.2) is 87.6 Å². The molecule has 0 spiro atoms. The topological polar surface area (TPSA) is 91.3 Å². The molecule has 0 amide bonds. The summed E-state index contributed by atoms with van der Waals surface area (Å²) in [6, 6.07) is 6.22. The molecular weight excluding hydrogens is 499 g/mol. The molecule has 1 saturated heterocycles. The zero-order valence-electron chi connectivity index (χ0n) is 21.0. The van der Waals surface area contributed by atoms with Gasteiger partial charge in [0, 0.05) is 39.1 Å². The van der Waals surface area contributed by atoms with Gasteiger partial charge in [-0.25, -0.2) is 13.2 Å². The number of ether oxygens (including phenoxy) is 2. The van der Waals surface area contributed by atoms with Crippen LogP contribution in [0.1, 0.15) is 50.5 Å². The average molecular weight is 538 g/mol. The zero-order chi connectivity index (χ0) is 26.5. The molecule has 2 fully saturated rings. The maximum atomic E-state index is 13.6. The fourth-order valence-corrected chi connectivity index (χ4v) is 5.71. The Morgan fingerprint density at radius 3 is 2.50 bits per heavy atom. The molecule has 206 valence electrons. The molecule has 3 rings (SSSR count). The summed E-state index contributed by atoms with van der Waals surface area (Å²) < 4.78 is 79.3. The Kier molecular flexibility index (Phi) is 10.6. The molecule has 1 aliphatic carbocycles. The lowest BCUT2D eigenvalue weighted by molar-refractivity contribution is -0.242. The van der Waals surface area contributed by atoms with Crippen LogP contribution in [0, 0.1) is 11.7 Å².